The van der Waals surface area contributed by atoms with E-state index < -0.39 is 0 Å². The summed E-state index contributed by atoms with van der Waals surface area (Å²) in [6.45, 7) is 2.45. The molecule has 2 rings (SSSR count). The van der Waals surface area contributed by atoms with Crippen molar-refractivity contribution in [2.75, 3.05) is 12.3 Å². The molecule has 2 aromatic rings. The first-order valence-electron chi connectivity index (χ1n) is 5.69. The molecular formula is C11H14N6OS. The number of hydrogen-bond donors (Lipinski definition) is 2. The molecular weight excluding hydrogens is 264 g/mol. The number of carbonyl (C=O) groups excluding carboxylic acids is 1. The van der Waals surface area contributed by atoms with Crippen LogP contribution in [-0.4, -0.2) is 32.7 Å². The molecule has 0 aliphatic carbocycles. The van der Waals surface area contributed by atoms with Gasteiger partial charge in [-0.1, -0.05) is 0 Å². The molecule has 7 nitrogen and oxygen atoms in total. The van der Waals surface area contributed by atoms with E-state index in [1.54, 1.807) is 29.9 Å². The van der Waals surface area contributed by atoms with Crippen molar-refractivity contribution in [2.24, 2.45) is 7.05 Å². The number of benzene rings is 1. The van der Waals surface area contributed by atoms with Gasteiger partial charge in [-0.25, -0.2) is 4.68 Å². The number of nitrogens with two attached hydrogens (primary N) is 1. The van der Waals surface area contributed by atoms with E-state index in [9.17, 15) is 4.79 Å². The molecule has 0 atom stereocenters. The molecule has 19 heavy (non-hydrogen) atoms. The van der Waals surface area contributed by atoms with Gasteiger partial charge >= 0.3 is 0 Å². The zero-order valence-corrected chi connectivity index (χ0v) is 11.4. The van der Waals surface area contributed by atoms with E-state index in [0.717, 1.165) is 4.90 Å². The number of hydrogen-bond acceptors (Lipinski definition) is 6. The van der Waals surface area contributed by atoms with Crippen molar-refractivity contribution in [3.05, 3.63) is 23.8 Å². The third-order valence-corrected chi connectivity index (χ3v) is 3.51. The molecule has 3 N–H and O–H groups in total. The summed E-state index contributed by atoms with van der Waals surface area (Å²) in [5.74, 6) is -0.133. The van der Waals surface area contributed by atoms with Crippen molar-refractivity contribution in [3.63, 3.8) is 0 Å². The van der Waals surface area contributed by atoms with Gasteiger partial charge in [-0.3, -0.25) is 4.79 Å². The zero-order chi connectivity index (χ0) is 13.8. The first-order valence-corrected chi connectivity index (χ1v) is 6.51. The molecule has 0 unspecified atom stereocenters. The predicted molar refractivity (Wildman–Crippen MR) is 71.8 cm³/mol. The van der Waals surface area contributed by atoms with Crippen LogP contribution in [0.1, 0.15) is 17.3 Å². The fraction of sp³-hybridized carbons (Fsp3) is 0.273. The highest BCUT2D eigenvalue weighted by atomic mass is 32.2. The van der Waals surface area contributed by atoms with Crippen LogP contribution in [-0.2, 0) is 7.05 Å². The number of aromatic nitrogens is 4. The summed E-state index contributed by atoms with van der Waals surface area (Å²) >= 11 is 1.35. The van der Waals surface area contributed by atoms with Crippen LogP contribution in [0.15, 0.2) is 28.3 Å². The van der Waals surface area contributed by atoms with Crippen molar-refractivity contribution in [1.82, 2.24) is 25.5 Å². The van der Waals surface area contributed by atoms with Gasteiger partial charge in [0.2, 0.25) is 5.16 Å². The molecule has 0 bridgehead atoms. The Hall–Kier alpha value is -2.09. The van der Waals surface area contributed by atoms with E-state index in [-0.39, 0.29) is 5.91 Å². The normalized spacial score (nSPS) is 10.4. The molecule has 0 aliphatic rings. The van der Waals surface area contributed by atoms with Crippen molar-refractivity contribution < 1.29 is 4.79 Å². The van der Waals surface area contributed by atoms with Crippen LogP contribution in [0.2, 0.25) is 0 Å². The summed E-state index contributed by atoms with van der Waals surface area (Å²) in [6.07, 6.45) is 0. The standard InChI is InChI=1S/C11H14N6OS/c1-3-13-10(18)7-4-5-9(8(12)6-7)19-11-14-15-16-17(11)2/h4-6H,3,12H2,1-2H3,(H,13,18). The van der Waals surface area contributed by atoms with Crippen LogP contribution in [0.5, 0.6) is 0 Å². The summed E-state index contributed by atoms with van der Waals surface area (Å²) in [6, 6.07) is 5.17. The summed E-state index contributed by atoms with van der Waals surface area (Å²) in [5.41, 5.74) is 7.01. The third-order valence-electron chi connectivity index (χ3n) is 2.39. The Morgan fingerprint density at radius 2 is 2.32 bits per heavy atom. The van der Waals surface area contributed by atoms with Gasteiger partial charge in [-0.15, -0.1) is 5.10 Å². The number of nitrogens with one attached hydrogen (secondary N) is 1. The lowest BCUT2D eigenvalue weighted by atomic mass is 10.2. The minimum absolute atomic E-state index is 0.133. The molecule has 0 saturated carbocycles. The van der Waals surface area contributed by atoms with E-state index >= 15 is 0 Å². The van der Waals surface area contributed by atoms with Crippen LogP contribution in [0.25, 0.3) is 0 Å². The molecule has 100 valence electrons. The summed E-state index contributed by atoms with van der Waals surface area (Å²) < 4.78 is 1.56. The molecule has 0 aliphatic heterocycles. The maximum absolute atomic E-state index is 11.7. The lowest BCUT2D eigenvalue weighted by Gasteiger charge is -2.07. The first kappa shape index (κ1) is 13.3. The van der Waals surface area contributed by atoms with E-state index in [0.29, 0.717) is 23.0 Å². The Bertz CT molecular complexity index is 597. The van der Waals surface area contributed by atoms with Crippen molar-refractivity contribution in [2.45, 2.75) is 17.0 Å². The van der Waals surface area contributed by atoms with Crippen LogP contribution in [0.3, 0.4) is 0 Å². The highest BCUT2D eigenvalue weighted by Crippen LogP contribution is 2.30. The average molecular weight is 278 g/mol. The lowest BCUT2D eigenvalue weighted by Crippen LogP contribution is -2.22. The minimum Gasteiger partial charge on any atom is -0.398 e. The number of aryl methyl sites for hydroxylation is 1. The SMILES string of the molecule is CCNC(=O)c1ccc(Sc2nnnn2C)c(N)c1. The predicted octanol–water partition coefficient (Wildman–Crippen LogP) is 0.693. The Labute approximate surface area is 114 Å². The Morgan fingerprint density at radius 1 is 1.53 bits per heavy atom. The van der Waals surface area contributed by atoms with Gasteiger partial charge in [0.1, 0.15) is 0 Å². The second kappa shape index (κ2) is 5.70. The second-order valence-corrected chi connectivity index (χ2v) is 4.81. The molecule has 0 radical (unpaired) electrons. The molecule has 1 aromatic heterocycles. The Balaban J connectivity index is 2.20. The van der Waals surface area contributed by atoms with Gasteiger partial charge in [0.15, 0.2) is 0 Å². The number of amides is 1. The van der Waals surface area contributed by atoms with Crippen molar-refractivity contribution in [1.29, 1.82) is 0 Å². The van der Waals surface area contributed by atoms with Gasteiger partial charge < -0.3 is 11.1 Å². The fourth-order valence-electron chi connectivity index (χ4n) is 1.45. The summed E-state index contributed by atoms with van der Waals surface area (Å²) in [5, 5.41) is 14.5. The van der Waals surface area contributed by atoms with Gasteiger partial charge in [-0.2, -0.15) is 0 Å². The molecule has 0 spiro atoms. The second-order valence-electron chi connectivity index (χ2n) is 3.80. The highest BCUT2D eigenvalue weighted by molar-refractivity contribution is 7.99. The summed E-state index contributed by atoms with van der Waals surface area (Å²) in [7, 11) is 1.75. The maximum atomic E-state index is 11.7. The largest absolute Gasteiger partial charge is 0.398 e. The van der Waals surface area contributed by atoms with E-state index in [4.69, 9.17) is 5.73 Å². The van der Waals surface area contributed by atoms with Crippen LogP contribution < -0.4 is 11.1 Å². The lowest BCUT2D eigenvalue weighted by molar-refractivity contribution is 0.0956. The van der Waals surface area contributed by atoms with E-state index in [1.807, 2.05) is 6.92 Å². The van der Waals surface area contributed by atoms with Crippen molar-refractivity contribution in [3.8, 4) is 0 Å². The number of carbonyl (C=O) groups is 1. The van der Waals surface area contributed by atoms with E-state index in [2.05, 4.69) is 20.8 Å². The monoisotopic (exact) mass is 278 g/mol. The highest BCUT2D eigenvalue weighted by Gasteiger charge is 2.11. The van der Waals surface area contributed by atoms with Gasteiger partial charge in [0, 0.05) is 29.7 Å². The number of anilines is 1. The molecule has 1 aromatic carbocycles. The fourth-order valence-corrected chi connectivity index (χ4v) is 2.21. The Kier molecular flexibility index (Phi) is 4.00. The number of rotatable bonds is 4. The van der Waals surface area contributed by atoms with Crippen molar-refractivity contribution >= 4 is 23.4 Å². The average Bonchev–Trinajstić information content (AvgIpc) is 2.78. The number of nitrogens with zero attached hydrogens (tertiary/aromatic N) is 4. The quantitative estimate of drug-likeness (QED) is 0.798. The van der Waals surface area contributed by atoms with Crippen LogP contribution in [0, 0.1) is 0 Å². The summed E-state index contributed by atoms with van der Waals surface area (Å²) in [4.78, 5) is 12.5. The Morgan fingerprint density at radius 3 is 2.89 bits per heavy atom. The first-order chi connectivity index (χ1) is 9.11. The molecule has 0 fully saturated rings. The van der Waals surface area contributed by atoms with Crippen LogP contribution in [0.4, 0.5) is 5.69 Å². The minimum atomic E-state index is -0.133. The maximum Gasteiger partial charge on any atom is 0.251 e. The zero-order valence-electron chi connectivity index (χ0n) is 10.6. The van der Waals surface area contributed by atoms with E-state index in [1.165, 1.54) is 11.8 Å². The molecule has 0 saturated heterocycles. The topological polar surface area (TPSA) is 98.7 Å². The van der Waals surface area contributed by atoms with Gasteiger partial charge in [0.05, 0.1) is 0 Å². The smallest absolute Gasteiger partial charge is 0.251 e. The molecule has 1 heterocycles. The van der Waals surface area contributed by atoms with Gasteiger partial charge in [0.25, 0.3) is 5.91 Å². The van der Waals surface area contributed by atoms with Crippen LogP contribution >= 0.6 is 11.8 Å². The number of nitrogen functional groups attached to an aromatic ring is 1. The molecule has 1 amide bonds. The number of tetrazole rings is 1. The third kappa shape index (κ3) is 3.02. The molecule has 8 heteroatoms. The van der Waals surface area contributed by atoms with Gasteiger partial charge in [-0.05, 0) is 47.3 Å².